The SMILES string of the molecule is Cc1ccc2c(c1)NC(=O)c1ccccc1N2Cc1ccccc1. The minimum absolute atomic E-state index is 0.0620. The third-order valence-corrected chi connectivity index (χ3v) is 4.31. The van der Waals surface area contributed by atoms with E-state index in [-0.39, 0.29) is 5.91 Å². The summed E-state index contributed by atoms with van der Waals surface area (Å²) in [6.45, 7) is 2.74. The van der Waals surface area contributed by atoms with Gasteiger partial charge < -0.3 is 10.2 Å². The van der Waals surface area contributed by atoms with Crippen molar-refractivity contribution in [1.82, 2.24) is 0 Å². The minimum atomic E-state index is -0.0620. The fourth-order valence-electron chi connectivity index (χ4n) is 3.14. The minimum Gasteiger partial charge on any atom is -0.335 e. The Kier molecular flexibility index (Phi) is 3.54. The van der Waals surface area contributed by atoms with E-state index in [4.69, 9.17) is 0 Å². The van der Waals surface area contributed by atoms with Gasteiger partial charge in [-0.05, 0) is 42.3 Å². The van der Waals surface area contributed by atoms with Crippen LogP contribution >= 0.6 is 0 Å². The molecular weight excluding hydrogens is 296 g/mol. The highest BCUT2D eigenvalue weighted by molar-refractivity contribution is 6.12. The van der Waals surface area contributed by atoms with Crippen molar-refractivity contribution in [1.29, 1.82) is 0 Å². The van der Waals surface area contributed by atoms with Crippen molar-refractivity contribution in [2.75, 3.05) is 10.2 Å². The number of carbonyl (C=O) groups is 1. The van der Waals surface area contributed by atoms with Crippen LogP contribution in [0.1, 0.15) is 21.5 Å². The van der Waals surface area contributed by atoms with Crippen LogP contribution in [-0.2, 0) is 6.54 Å². The zero-order valence-corrected chi connectivity index (χ0v) is 13.5. The van der Waals surface area contributed by atoms with E-state index in [2.05, 4.69) is 34.5 Å². The zero-order chi connectivity index (χ0) is 16.5. The first-order valence-corrected chi connectivity index (χ1v) is 8.05. The summed E-state index contributed by atoms with van der Waals surface area (Å²) in [7, 11) is 0. The largest absolute Gasteiger partial charge is 0.335 e. The lowest BCUT2D eigenvalue weighted by Gasteiger charge is -2.26. The number of carbonyl (C=O) groups excluding carboxylic acids is 1. The van der Waals surface area contributed by atoms with Gasteiger partial charge in [0.2, 0.25) is 0 Å². The Bertz CT molecular complexity index is 903. The van der Waals surface area contributed by atoms with Crippen molar-refractivity contribution in [3.05, 3.63) is 89.5 Å². The predicted octanol–water partition coefficient (Wildman–Crippen LogP) is 4.90. The maximum absolute atomic E-state index is 12.6. The second-order valence-corrected chi connectivity index (χ2v) is 6.06. The Hall–Kier alpha value is -3.07. The van der Waals surface area contributed by atoms with Gasteiger partial charge in [0.15, 0.2) is 0 Å². The molecule has 4 rings (SSSR count). The fraction of sp³-hybridized carbons (Fsp3) is 0.0952. The number of para-hydroxylation sites is 1. The van der Waals surface area contributed by atoms with Crippen LogP contribution in [0.5, 0.6) is 0 Å². The molecule has 24 heavy (non-hydrogen) atoms. The number of aryl methyl sites for hydroxylation is 1. The van der Waals surface area contributed by atoms with Crippen LogP contribution in [0.25, 0.3) is 0 Å². The van der Waals surface area contributed by atoms with Crippen LogP contribution in [0.15, 0.2) is 72.8 Å². The molecule has 3 heteroatoms. The van der Waals surface area contributed by atoms with Gasteiger partial charge in [-0.1, -0.05) is 48.5 Å². The molecule has 3 aromatic rings. The molecule has 1 aliphatic rings. The number of nitrogens with one attached hydrogen (secondary N) is 1. The Balaban J connectivity index is 1.90. The molecule has 118 valence electrons. The van der Waals surface area contributed by atoms with Gasteiger partial charge in [-0.3, -0.25) is 4.79 Å². The number of hydrogen-bond donors (Lipinski definition) is 1. The molecule has 0 saturated heterocycles. The number of fused-ring (bicyclic) bond motifs is 2. The van der Waals surface area contributed by atoms with E-state index < -0.39 is 0 Å². The van der Waals surface area contributed by atoms with Crippen molar-refractivity contribution < 1.29 is 4.79 Å². The first-order chi connectivity index (χ1) is 11.7. The highest BCUT2D eigenvalue weighted by Crippen LogP contribution is 2.39. The molecule has 3 aromatic carbocycles. The van der Waals surface area contributed by atoms with Gasteiger partial charge >= 0.3 is 0 Å². The summed E-state index contributed by atoms with van der Waals surface area (Å²) in [5.74, 6) is -0.0620. The average molecular weight is 314 g/mol. The van der Waals surface area contributed by atoms with Gasteiger partial charge in [0.25, 0.3) is 5.91 Å². The first-order valence-electron chi connectivity index (χ1n) is 8.05. The molecule has 0 aromatic heterocycles. The van der Waals surface area contributed by atoms with Crippen LogP contribution in [0, 0.1) is 6.92 Å². The number of benzene rings is 3. The molecule has 1 heterocycles. The summed E-state index contributed by atoms with van der Waals surface area (Å²) in [6.07, 6.45) is 0. The normalized spacial score (nSPS) is 12.9. The molecule has 0 radical (unpaired) electrons. The number of anilines is 3. The quantitative estimate of drug-likeness (QED) is 0.729. The standard InChI is InChI=1S/C21H18N2O/c1-15-11-12-20-18(13-15)22-21(24)17-9-5-6-10-19(17)23(20)14-16-7-3-2-4-8-16/h2-13H,14H2,1H3,(H,22,24). The van der Waals surface area contributed by atoms with Gasteiger partial charge in [-0.15, -0.1) is 0 Å². The Morgan fingerprint density at radius 2 is 1.62 bits per heavy atom. The molecule has 3 nitrogen and oxygen atoms in total. The number of hydrogen-bond acceptors (Lipinski definition) is 2. The van der Waals surface area contributed by atoms with E-state index in [9.17, 15) is 4.79 Å². The third-order valence-electron chi connectivity index (χ3n) is 4.31. The smallest absolute Gasteiger partial charge is 0.257 e. The summed E-state index contributed by atoms with van der Waals surface area (Å²) in [6, 6.07) is 24.3. The molecule has 0 unspecified atom stereocenters. The van der Waals surface area contributed by atoms with Gasteiger partial charge in [0.05, 0.1) is 22.6 Å². The van der Waals surface area contributed by atoms with Crippen molar-refractivity contribution in [2.24, 2.45) is 0 Å². The number of rotatable bonds is 2. The predicted molar refractivity (Wildman–Crippen MR) is 97.9 cm³/mol. The van der Waals surface area contributed by atoms with E-state index in [0.29, 0.717) is 12.1 Å². The maximum Gasteiger partial charge on any atom is 0.257 e. The lowest BCUT2D eigenvalue weighted by Crippen LogP contribution is -2.17. The van der Waals surface area contributed by atoms with Crippen molar-refractivity contribution in [3.63, 3.8) is 0 Å². The van der Waals surface area contributed by atoms with Crippen LogP contribution in [0.3, 0.4) is 0 Å². The van der Waals surface area contributed by atoms with E-state index in [1.54, 1.807) is 0 Å². The highest BCUT2D eigenvalue weighted by Gasteiger charge is 2.24. The topological polar surface area (TPSA) is 32.3 Å². The Morgan fingerprint density at radius 3 is 2.46 bits per heavy atom. The average Bonchev–Trinajstić information content (AvgIpc) is 2.71. The molecule has 0 aliphatic carbocycles. The molecule has 1 N–H and O–H groups in total. The van der Waals surface area contributed by atoms with Crippen molar-refractivity contribution in [2.45, 2.75) is 13.5 Å². The monoisotopic (exact) mass is 314 g/mol. The number of nitrogens with zero attached hydrogens (tertiary/aromatic N) is 1. The Morgan fingerprint density at radius 1 is 0.875 bits per heavy atom. The second kappa shape index (κ2) is 5.85. The van der Waals surface area contributed by atoms with E-state index in [1.807, 2.05) is 55.5 Å². The van der Waals surface area contributed by atoms with Crippen LogP contribution in [0.4, 0.5) is 17.1 Å². The first kappa shape index (κ1) is 14.5. The van der Waals surface area contributed by atoms with Gasteiger partial charge in [0.1, 0.15) is 0 Å². The molecular formula is C21H18N2O. The molecule has 0 bridgehead atoms. The molecule has 1 amide bonds. The maximum atomic E-state index is 12.6. The molecule has 0 spiro atoms. The van der Waals surface area contributed by atoms with Crippen molar-refractivity contribution in [3.8, 4) is 0 Å². The lowest BCUT2D eigenvalue weighted by molar-refractivity contribution is 0.102. The van der Waals surface area contributed by atoms with Gasteiger partial charge in [-0.25, -0.2) is 0 Å². The van der Waals surface area contributed by atoms with E-state index in [0.717, 1.165) is 22.6 Å². The highest BCUT2D eigenvalue weighted by atomic mass is 16.1. The fourth-order valence-corrected chi connectivity index (χ4v) is 3.14. The van der Waals surface area contributed by atoms with Crippen molar-refractivity contribution >= 4 is 23.0 Å². The Labute approximate surface area is 141 Å². The zero-order valence-electron chi connectivity index (χ0n) is 13.5. The number of amides is 1. The molecule has 0 saturated carbocycles. The summed E-state index contributed by atoms with van der Waals surface area (Å²) >= 11 is 0. The lowest BCUT2D eigenvalue weighted by atomic mass is 10.1. The van der Waals surface area contributed by atoms with E-state index >= 15 is 0 Å². The van der Waals surface area contributed by atoms with Gasteiger partial charge in [0, 0.05) is 6.54 Å². The van der Waals surface area contributed by atoms with Gasteiger partial charge in [-0.2, -0.15) is 0 Å². The molecule has 0 atom stereocenters. The third kappa shape index (κ3) is 2.54. The summed E-state index contributed by atoms with van der Waals surface area (Å²) < 4.78 is 0. The van der Waals surface area contributed by atoms with Crippen LogP contribution in [0.2, 0.25) is 0 Å². The molecule has 0 fully saturated rings. The van der Waals surface area contributed by atoms with Crippen LogP contribution in [-0.4, -0.2) is 5.91 Å². The summed E-state index contributed by atoms with van der Waals surface area (Å²) in [5.41, 5.74) is 5.83. The second-order valence-electron chi connectivity index (χ2n) is 6.06. The van der Waals surface area contributed by atoms with E-state index in [1.165, 1.54) is 5.56 Å². The summed E-state index contributed by atoms with van der Waals surface area (Å²) in [4.78, 5) is 14.8. The molecule has 1 aliphatic heterocycles. The summed E-state index contributed by atoms with van der Waals surface area (Å²) in [5, 5.41) is 3.05. The van der Waals surface area contributed by atoms with Crippen LogP contribution < -0.4 is 10.2 Å².